The average Bonchev–Trinajstić information content (AvgIpc) is 2.46. The second kappa shape index (κ2) is 2.65. The van der Waals surface area contributed by atoms with Gasteiger partial charge in [-0.25, -0.2) is 0 Å². The van der Waals surface area contributed by atoms with Crippen LogP contribution in [0.3, 0.4) is 0 Å². The summed E-state index contributed by atoms with van der Waals surface area (Å²) < 4.78 is 8.03. The van der Waals surface area contributed by atoms with Gasteiger partial charge in [-0.15, -0.1) is 0 Å². The fourth-order valence-corrected chi connectivity index (χ4v) is 1.05. The van der Waals surface area contributed by atoms with Gasteiger partial charge in [0.05, 0.1) is 29.1 Å². The van der Waals surface area contributed by atoms with Crippen molar-refractivity contribution in [1.29, 1.82) is 0 Å². The number of fused-ring (bicyclic) bond motifs is 1. The lowest BCUT2D eigenvalue weighted by Gasteiger charge is -1.82. The summed E-state index contributed by atoms with van der Waals surface area (Å²) in [5.74, 6) is 0. The number of aromatic nitrogens is 2. The zero-order valence-electron chi connectivity index (χ0n) is 5.41. The molecule has 2 rings (SSSR count). The average molecular weight is 261 g/mol. The van der Waals surface area contributed by atoms with E-state index in [1.165, 1.54) is 0 Å². The van der Waals surface area contributed by atoms with Crippen LogP contribution < -0.4 is 3.53 Å². The maximum Gasteiger partial charge on any atom is 0.304 e. The molecule has 5 heteroatoms. The van der Waals surface area contributed by atoms with Crippen molar-refractivity contribution in [2.24, 2.45) is 0 Å². The number of hydrogen-bond donors (Lipinski definition) is 1. The van der Waals surface area contributed by atoms with Crippen molar-refractivity contribution in [3.05, 3.63) is 18.5 Å². The van der Waals surface area contributed by atoms with Crippen molar-refractivity contribution in [2.45, 2.75) is 0 Å². The van der Waals surface area contributed by atoms with Crippen LogP contribution in [0.4, 0.5) is 6.01 Å². The Morgan fingerprint density at radius 1 is 1.55 bits per heavy atom. The van der Waals surface area contributed by atoms with Crippen molar-refractivity contribution in [3.8, 4) is 0 Å². The van der Waals surface area contributed by atoms with E-state index in [4.69, 9.17) is 4.42 Å². The van der Waals surface area contributed by atoms with Crippen LogP contribution in [0, 0.1) is 0 Å². The number of rotatable bonds is 1. The Hall–Kier alpha value is -0.850. The Labute approximate surface area is 76.5 Å². The number of hydrogen-bond acceptors (Lipinski definition) is 4. The molecule has 0 aliphatic rings. The van der Waals surface area contributed by atoms with E-state index in [0.29, 0.717) is 6.01 Å². The third-order valence-corrected chi connectivity index (χ3v) is 1.73. The Balaban J connectivity index is 2.69. The van der Waals surface area contributed by atoms with Crippen molar-refractivity contribution in [1.82, 2.24) is 9.97 Å². The van der Waals surface area contributed by atoms with E-state index < -0.39 is 0 Å². The first-order valence-electron chi connectivity index (χ1n) is 2.97. The lowest BCUT2D eigenvalue weighted by Crippen LogP contribution is -1.75. The molecule has 11 heavy (non-hydrogen) atoms. The number of halogens is 1. The molecule has 0 aliphatic carbocycles. The molecule has 1 N–H and O–H groups in total. The SMILES string of the molecule is INc1nc2cnccc2o1. The molecule has 0 fully saturated rings. The van der Waals surface area contributed by atoms with Crippen LogP contribution in [-0.4, -0.2) is 9.97 Å². The summed E-state index contributed by atoms with van der Waals surface area (Å²) in [6, 6.07) is 2.29. The van der Waals surface area contributed by atoms with E-state index in [2.05, 4.69) is 13.5 Å². The molecular formula is C6H4IN3O. The van der Waals surface area contributed by atoms with Crippen LogP contribution in [0.2, 0.25) is 0 Å². The predicted octanol–water partition coefficient (Wildman–Crippen LogP) is 1.98. The summed E-state index contributed by atoms with van der Waals surface area (Å²) in [4.78, 5) is 7.99. The molecule has 0 radical (unpaired) electrons. The summed E-state index contributed by atoms with van der Waals surface area (Å²) in [5, 5.41) is 0. The van der Waals surface area contributed by atoms with Gasteiger partial charge >= 0.3 is 6.01 Å². The molecule has 2 heterocycles. The topological polar surface area (TPSA) is 51.0 Å². The van der Waals surface area contributed by atoms with Crippen LogP contribution in [0.15, 0.2) is 22.9 Å². The van der Waals surface area contributed by atoms with Gasteiger partial charge < -0.3 is 4.42 Å². The lowest BCUT2D eigenvalue weighted by atomic mass is 10.4. The minimum atomic E-state index is 0.508. The summed E-state index contributed by atoms with van der Waals surface area (Å²) in [7, 11) is 0. The third kappa shape index (κ3) is 1.15. The van der Waals surface area contributed by atoms with Gasteiger partial charge in [0.1, 0.15) is 5.52 Å². The fraction of sp³-hybridized carbons (Fsp3) is 0. The summed E-state index contributed by atoms with van der Waals surface area (Å²) in [5.41, 5.74) is 1.52. The van der Waals surface area contributed by atoms with Crippen LogP contribution in [-0.2, 0) is 0 Å². The summed E-state index contributed by atoms with van der Waals surface area (Å²) in [6.45, 7) is 0. The van der Waals surface area contributed by atoms with Gasteiger partial charge in [0.25, 0.3) is 0 Å². The monoisotopic (exact) mass is 261 g/mol. The quantitative estimate of drug-likeness (QED) is 0.630. The van der Waals surface area contributed by atoms with Gasteiger partial charge in [0.15, 0.2) is 5.58 Å². The number of nitrogens with zero attached hydrogens (tertiary/aromatic N) is 2. The van der Waals surface area contributed by atoms with Crippen LogP contribution in [0.25, 0.3) is 11.1 Å². The van der Waals surface area contributed by atoms with E-state index in [1.54, 1.807) is 18.5 Å². The first-order valence-corrected chi connectivity index (χ1v) is 4.05. The molecule has 2 aromatic rings. The number of oxazole rings is 1. The van der Waals surface area contributed by atoms with Crippen LogP contribution >= 0.6 is 22.9 Å². The molecule has 0 aliphatic heterocycles. The Bertz CT molecular complexity index is 340. The first kappa shape index (κ1) is 6.84. The third-order valence-electron chi connectivity index (χ3n) is 1.27. The molecule has 0 spiro atoms. The maximum atomic E-state index is 5.25. The van der Waals surface area contributed by atoms with Gasteiger partial charge in [0.2, 0.25) is 0 Å². The first-order chi connectivity index (χ1) is 5.40. The van der Waals surface area contributed by atoms with Crippen LogP contribution in [0.5, 0.6) is 0 Å². The van der Waals surface area contributed by atoms with Gasteiger partial charge in [-0.05, 0) is 0 Å². The Kier molecular flexibility index (Phi) is 1.65. The zero-order valence-corrected chi connectivity index (χ0v) is 7.57. The Morgan fingerprint density at radius 3 is 3.18 bits per heavy atom. The minimum absolute atomic E-state index is 0.508. The van der Waals surface area contributed by atoms with Gasteiger partial charge in [-0.2, -0.15) is 4.98 Å². The molecule has 0 saturated heterocycles. The molecular weight excluding hydrogens is 257 g/mol. The summed E-state index contributed by atoms with van der Waals surface area (Å²) in [6.07, 6.45) is 3.33. The van der Waals surface area contributed by atoms with Gasteiger partial charge in [0, 0.05) is 12.3 Å². The van der Waals surface area contributed by atoms with Crippen molar-refractivity contribution in [3.63, 3.8) is 0 Å². The molecule has 2 aromatic heterocycles. The van der Waals surface area contributed by atoms with Crippen molar-refractivity contribution in [2.75, 3.05) is 3.53 Å². The number of pyridine rings is 1. The largest absolute Gasteiger partial charge is 0.423 e. The van der Waals surface area contributed by atoms with Gasteiger partial charge in [-0.3, -0.25) is 8.51 Å². The summed E-state index contributed by atoms with van der Waals surface area (Å²) >= 11 is 1.96. The highest BCUT2D eigenvalue weighted by atomic mass is 127. The highest BCUT2D eigenvalue weighted by molar-refractivity contribution is 14.1. The molecule has 4 nitrogen and oxygen atoms in total. The normalized spacial score (nSPS) is 10.3. The lowest BCUT2D eigenvalue weighted by molar-refractivity contribution is 0.627. The fourth-order valence-electron chi connectivity index (χ4n) is 0.820. The highest BCUT2D eigenvalue weighted by Gasteiger charge is 2.01. The predicted molar refractivity (Wildman–Crippen MR) is 49.4 cm³/mol. The van der Waals surface area contributed by atoms with E-state index in [1.807, 2.05) is 22.9 Å². The Morgan fingerprint density at radius 2 is 2.45 bits per heavy atom. The molecule has 0 bridgehead atoms. The van der Waals surface area contributed by atoms with Crippen LogP contribution in [0.1, 0.15) is 0 Å². The van der Waals surface area contributed by atoms with Crippen molar-refractivity contribution < 1.29 is 4.42 Å². The maximum absolute atomic E-state index is 5.25. The molecule has 56 valence electrons. The smallest absolute Gasteiger partial charge is 0.304 e. The standard InChI is InChI=1S/C6H4IN3O/c7-10-6-9-4-3-8-2-1-5(4)11-6/h1-3H,(H,9,10). The molecule has 0 saturated carbocycles. The molecule has 0 amide bonds. The zero-order chi connectivity index (χ0) is 7.68. The number of anilines is 1. The van der Waals surface area contributed by atoms with Gasteiger partial charge in [-0.1, -0.05) is 0 Å². The second-order valence-corrected chi connectivity index (χ2v) is 2.50. The van der Waals surface area contributed by atoms with Crippen molar-refractivity contribution >= 4 is 40.0 Å². The molecule has 0 atom stereocenters. The van der Waals surface area contributed by atoms with E-state index in [-0.39, 0.29) is 0 Å². The van der Waals surface area contributed by atoms with E-state index in [0.717, 1.165) is 11.1 Å². The molecule has 0 unspecified atom stereocenters. The van der Waals surface area contributed by atoms with E-state index in [9.17, 15) is 0 Å². The van der Waals surface area contributed by atoms with E-state index >= 15 is 0 Å². The molecule has 0 aromatic carbocycles. The minimum Gasteiger partial charge on any atom is -0.423 e. The highest BCUT2D eigenvalue weighted by Crippen LogP contribution is 2.17. The number of nitrogens with one attached hydrogen (secondary N) is 1. The second-order valence-electron chi connectivity index (χ2n) is 1.96.